The lowest BCUT2D eigenvalue weighted by Crippen LogP contribution is -1.84. The van der Waals surface area contributed by atoms with Crippen molar-refractivity contribution in [3.8, 4) is 0 Å². The number of nitrogens with zero attached hydrogens (tertiary/aromatic N) is 1. The zero-order valence-corrected chi connectivity index (χ0v) is 10.4. The molecule has 17 heavy (non-hydrogen) atoms. The second kappa shape index (κ2) is 5.65. The fourth-order valence-electron chi connectivity index (χ4n) is 1.14. The normalized spacial score (nSPS) is 10.8. The largest absolute Gasteiger partial charge is 0.478 e. The van der Waals surface area contributed by atoms with E-state index in [0.717, 1.165) is 20.2 Å². The lowest BCUT2D eigenvalue weighted by molar-refractivity contribution is -0.131. The fraction of sp³-hybridized carbons (Fsp3) is 0. The molecular weight excluding hydrogens is 254 g/mol. The van der Waals surface area contributed by atoms with Crippen molar-refractivity contribution in [1.82, 2.24) is 4.98 Å². The molecule has 0 aliphatic carbocycles. The first kappa shape index (κ1) is 11.9. The van der Waals surface area contributed by atoms with Gasteiger partial charge in [0.15, 0.2) is 4.34 Å². The van der Waals surface area contributed by atoms with E-state index in [1.807, 2.05) is 30.3 Å². The van der Waals surface area contributed by atoms with Gasteiger partial charge in [-0.15, -0.1) is 11.3 Å². The smallest absolute Gasteiger partial charge is 0.328 e. The van der Waals surface area contributed by atoms with E-state index in [2.05, 4.69) is 4.98 Å². The van der Waals surface area contributed by atoms with Crippen LogP contribution in [0.3, 0.4) is 0 Å². The van der Waals surface area contributed by atoms with Gasteiger partial charge >= 0.3 is 5.97 Å². The van der Waals surface area contributed by atoms with Crippen molar-refractivity contribution >= 4 is 35.1 Å². The Morgan fingerprint density at radius 3 is 2.82 bits per heavy atom. The van der Waals surface area contributed by atoms with Gasteiger partial charge in [0.1, 0.15) is 0 Å². The molecule has 1 aromatic carbocycles. The lowest BCUT2D eigenvalue weighted by atomic mass is 10.4. The molecule has 0 fully saturated rings. The van der Waals surface area contributed by atoms with Crippen LogP contribution in [0.5, 0.6) is 0 Å². The number of carboxylic acids is 1. The van der Waals surface area contributed by atoms with Crippen LogP contribution in [-0.2, 0) is 4.79 Å². The Balaban J connectivity index is 2.06. The number of benzene rings is 1. The SMILES string of the molecule is O=C(O)/C=C\c1cnc(Sc2ccccc2)s1. The number of thiazole rings is 1. The minimum Gasteiger partial charge on any atom is -0.478 e. The second-order valence-electron chi connectivity index (χ2n) is 3.12. The zero-order chi connectivity index (χ0) is 12.1. The van der Waals surface area contributed by atoms with Gasteiger partial charge in [-0.2, -0.15) is 0 Å². The van der Waals surface area contributed by atoms with Crippen LogP contribution in [0.25, 0.3) is 6.08 Å². The molecule has 0 saturated carbocycles. The van der Waals surface area contributed by atoms with Crippen LogP contribution in [0.15, 0.2) is 51.8 Å². The Morgan fingerprint density at radius 2 is 2.12 bits per heavy atom. The van der Waals surface area contributed by atoms with Gasteiger partial charge in [-0.3, -0.25) is 0 Å². The molecule has 0 atom stereocenters. The molecule has 86 valence electrons. The van der Waals surface area contributed by atoms with Crippen LogP contribution in [0, 0.1) is 0 Å². The highest BCUT2D eigenvalue weighted by atomic mass is 32.2. The van der Waals surface area contributed by atoms with E-state index in [0.29, 0.717) is 0 Å². The van der Waals surface area contributed by atoms with Gasteiger partial charge in [0.05, 0.1) is 0 Å². The summed E-state index contributed by atoms with van der Waals surface area (Å²) in [4.78, 5) is 16.5. The molecule has 2 aromatic rings. The Kier molecular flexibility index (Phi) is 3.95. The highest BCUT2D eigenvalue weighted by Gasteiger charge is 2.02. The molecule has 5 heteroatoms. The average molecular weight is 263 g/mol. The van der Waals surface area contributed by atoms with Crippen LogP contribution >= 0.6 is 23.1 Å². The predicted molar refractivity (Wildman–Crippen MR) is 69.3 cm³/mol. The lowest BCUT2D eigenvalue weighted by Gasteiger charge is -1.94. The first-order valence-electron chi connectivity index (χ1n) is 4.84. The summed E-state index contributed by atoms with van der Waals surface area (Å²) in [5.74, 6) is -0.948. The van der Waals surface area contributed by atoms with E-state index in [4.69, 9.17) is 5.11 Å². The van der Waals surface area contributed by atoms with Crippen molar-refractivity contribution in [2.24, 2.45) is 0 Å². The third-order valence-corrected chi connectivity index (χ3v) is 3.89. The van der Waals surface area contributed by atoms with E-state index in [1.54, 1.807) is 24.0 Å². The van der Waals surface area contributed by atoms with Crippen LogP contribution in [-0.4, -0.2) is 16.1 Å². The molecule has 0 amide bonds. The number of hydrogen-bond donors (Lipinski definition) is 1. The Hall–Kier alpha value is -1.59. The van der Waals surface area contributed by atoms with Gasteiger partial charge in [0.25, 0.3) is 0 Å². The molecule has 0 aliphatic heterocycles. The number of aromatic nitrogens is 1. The van der Waals surface area contributed by atoms with Crippen molar-refractivity contribution < 1.29 is 9.90 Å². The van der Waals surface area contributed by atoms with Crippen molar-refractivity contribution in [3.63, 3.8) is 0 Å². The van der Waals surface area contributed by atoms with E-state index >= 15 is 0 Å². The van der Waals surface area contributed by atoms with E-state index in [9.17, 15) is 4.79 Å². The summed E-state index contributed by atoms with van der Waals surface area (Å²) in [5, 5.41) is 8.51. The third kappa shape index (κ3) is 3.72. The van der Waals surface area contributed by atoms with E-state index in [1.165, 1.54) is 11.3 Å². The van der Waals surface area contributed by atoms with Gasteiger partial charge in [-0.1, -0.05) is 30.0 Å². The summed E-state index contributed by atoms with van der Waals surface area (Å²) in [6, 6.07) is 9.94. The summed E-state index contributed by atoms with van der Waals surface area (Å²) in [5.41, 5.74) is 0. The molecule has 3 nitrogen and oxygen atoms in total. The molecule has 2 rings (SSSR count). The van der Waals surface area contributed by atoms with Gasteiger partial charge in [0, 0.05) is 22.0 Å². The number of hydrogen-bond acceptors (Lipinski definition) is 4. The second-order valence-corrected chi connectivity index (χ2v) is 5.50. The monoisotopic (exact) mass is 263 g/mol. The highest BCUT2D eigenvalue weighted by molar-refractivity contribution is 8.01. The van der Waals surface area contributed by atoms with E-state index < -0.39 is 5.97 Å². The Morgan fingerprint density at radius 1 is 1.35 bits per heavy atom. The van der Waals surface area contributed by atoms with Crippen molar-refractivity contribution in [2.75, 3.05) is 0 Å². The minimum atomic E-state index is -0.948. The maximum absolute atomic E-state index is 10.4. The maximum atomic E-state index is 10.4. The Labute approximate surface area is 107 Å². The number of carbonyl (C=O) groups is 1. The molecule has 1 heterocycles. The van der Waals surface area contributed by atoms with Gasteiger partial charge in [0.2, 0.25) is 0 Å². The summed E-state index contributed by atoms with van der Waals surface area (Å²) in [6.45, 7) is 0. The minimum absolute atomic E-state index is 0.839. The first-order chi connectivity index (χ1) is 8.24. The van der Waals surface area contributed by atoms with Crippen LogP contribution in [0.1, 0.15) is 4.88 Å². The highest BCUT2D eigenvalue weighted by Crippen LogP contribution is 2.31. The standard InChI is InChI=1S/C12H9NO2S2/c14-11(15)7-6-10-8-13-12(17-10)16-9-4-2-1-3-5-9/h1-8H,(H,14,15)/b7-6-. The molecular formula is C12H9NO2S2. The zero-order valence-electron chi connectivity index (χ0n) is 8.74. The molecule has 1 aromatic heterocycles. The topological polar surface area (TPSA) is 50.2 Å². The van der Waals surface area contributed by atoms with Crippen LogP contribution < -0.4 is 0 Å². The molecule has 0 saturated heterocycles. The Bertz CT molecular complexity index is 534. The van der Waals surface area contributed by atoms with Crippen LogP contribution in [0.2, 0.25) is 0 Å². The summed E-state index contributed by atoms with van der Waals surface area (Å²) in [6.07, 6.45) is 4.34. The first-order valence-corrected chi connectivity index (χ1v) is 6.47. The molecule has 1 N–H and O–H groups in total. The molecule has 0 radical (unpaired) electrons. The van der Waals surface area contributed by atoms with Crippen molar-refractivity contribution in [1.29, 1.82) is 0 Å². The van der Waals surface area contributed by atoms with Crippen LogP contribution in [0.4, 0.5) is 0 Å². The fourth-order valence-corrected chi connectivity index (χ4v) is 3.03. The quantitative estimate of drug-likeness (QED) is 0.859. The maximum Gasteiger partial charge on any atom is 0.328 e. The molecule has 0 unspecified atom stereocenters. The average Bonchev–Trinajstić information content (AvgIpc) is 2.75. The van der Waals surface area contributed by atoms with E-state index in [-0.39, 0.29) is 0 Å². The summed E-state index contributed by atoms with van der Waals surface area (Å²) < 4.78 is 0.904. The van der Waals surface area contributed by atoms with Gasteiger partial charge in [-0.25, -0.2) is 9.78 Å². The molecule has 0 bridgehead atoms. The van der Waals surface area contributed by atoms with Gasteiger partial charge in [-0.05, 0) is 18.2 Å². The van der Waals surface area contributed by atoms with Crippen molar-refractivity contribution in [2.45, 2.75) is 9.24 Å². The van der Waals surface area contributed by atoms with Gasteiger partial charge < -0.3 is 5.11 Å². The number of rotatable bonds is 4. The van der Waals surface area contributed by atoms with Crippen molar-refractivity contribution in [3.05, 3.63) is 47.5 Å². The summed E-state index contributed by atoms with van der Waals surface area (Å²) in [7, 11) is 0. The molecule has 0 aliphatic rings. The summed E-state index contributed by atoms with van der Waals surface area (Å²) >= 11 is 3.04. The third-order valence-electron chi connectivity index (χ3n) is 1.84. The number of carboxylic acid groups (broad SMARTS) is 1. The number of aliphatic carboxylic acids is 1. The predicted octanol–water partition coefficient (Wildman–Crippen LogP) is 3.39. The molecule has 0 spiro atoms.